The van der Waals surface area contributed by atoms with Crippen molar-refractivity contribution in [3.05, 3.63) is 47.9 Å². The molecule has 2 aromatic rings. The van der Waals surface area contributed by atoms with E-state index in [9.17, 15) is 4.79 Å². The fourth-order valence-corrected chi connectivity index (χ4v) is 2.36. The van der Waals surface area contributed by atoms with Crippen LogP contribution in [0.25, 0.3) is 0 Å². The molecule has 116 valence electrons. The Morgan fingerprint density at radius 2 is 1.95 bits per heavy atom. The third-order valence-corrected chi connectivity index (χ3v) is 3.83. The lowest BCUT2D eigenvalue weighted by molar-refractivity contribution is -0.125. The molecule has 5 heteroatoms. The van der Waals surface area contributed by atoms with E-state index in [1.165, 1.54) is 0 Å². The van der Waals surface area contributed by atoms with Gasteiger partial charge < -0.3 is 19.2 Å². The molecule has 0 bridgehead atoms. The summed E-state index contributed by atoms with van der Waals surface area (Å²) in [5, 5.41) is 2.90. The van der Waals surface area contributed by atoms with Crippen molar-refractivity contribution >= 4 is 5.91 Å². The van der Waals surface area contributed by atoms with Crippen molar-refractivity contribution in [3.8, 4) is 11.5 Å². The number of nitrogens with one attached hydrogen (secondary N) is 1. The van der Waals surface area contributed by atoms with E-state index in [-0.39, 0.29) is 5.91 Å². The quantitative estimate of drug-likeness (QED) is 0.943. The van der Waals surface area contributed by atoms with Crippen LogP contribution in [0.1, 0.15) is 25.2 Å². The summed E-state index contributed by atoms with van der Waals surface area (Å²) in [6.45, 7) is 5.23. The highest BCUT2D eigenvalue weighted by molar-refractivity contribution is 5.87. The number of amides is 1. The summed E-state index contributed by atoms with van der Waals surface area (Å²) in [5.41, 5.74) is 0.205. The van der Waals surface area contributed by atoms with Crippen LogP contribution in [0.4, 0.5) is 0 Å². The first-order valence-electron chi connectivity index (χ1n) is 7.28. The van der Waals surface area contributed by atoms with Crippen molar-refractivity contribution in [1.29, 1.82) is 0 Å². The molecule has 1 aliphatic rings. The van der Waals surface area contributed by atoms with Gasteiger partial charge in [0.15, 0.2) is 11.5 Å². The number of furan rings is 1. The lowest BCUT2D eigenvalue weighted by Gasteiger charge is -2.26. The Labute approximate surface area is 129 Å². The second-order valence-electron chi connectivity index (χ2n) is 5.75. The molecule has 0 radical (unpaired) electrons. The predicted molar refractivity (Wildman–Crippen MR) is 81.0 cm³/mol. The maximum Gasteiger partial charge on any atom is 0.230 e. The van der Waals surface area contributed by atoms with E-state index >= 15 is 0 Å². The highest BCUT2D eigenvalue weighted by Crippen LogP contribution is 2.35. The molecule has 0 atom stereocenters. The molecule has 2 heterocycles. The molecule has 22 heavy (non-hydrogen) atoms. The Morgan fingerprint density at radius 3 is 2.68 bits per heavy atom. The molecule has 5 nitrogen and oxygen atoms in total. The van der Waals surface area contributed by atoms with Gasteiger partial charge in [-0.15, -0.1) is 0 Å². The average Bonchev–Trinajstić information content (AvgIpc) is 3.05. The van der Waals surface area contributed by atoms with Crippen LogP contribution >= 0.6 is 0 Å². The summed E-state index contributed by atoms with van der Waals surface area (Å²) in [6.07, 6.45) is 1.59. The summed E-state index contributed by atoms with van der Waals surface area (Å²) >= 11 is 0. The van der Waals surface area contributed by atoms with Crippen LogP contribution in [-0.4, -0.2) is 19.1 Å². The Bertz CT molecular complexity index is 661. The smallest absolute Gasteiger partial charge is 0.230 e. The second-order valence-corrected chi connectivity index (χ2v) is 5.75. The standard InChI is InChI=1S/C17H19NO4/c1-17(2,16(19)18-11-13-4-3-7-20-13)12-5-6-14-15(10-12)22-9-8-21-14/h3-7,10H,8-9,11H2,1-2H3,(H,18,19). The normalized spacial score (nSPS) is 13.7. The number of hydrogen-bond acceptors (Lipinski definition) is 4. The number of carbonyl (C=O) groups excluding carboxylic acids is 1. The van der Waals surface area contributed by atoms with Gasteiger partial charge in [0, 0.05) is 0 Å². The van der Waals surface area contributed by atoms with Crippen molar-refractivity contribution < 1.29 is 18.7 Å². The fourth-order valence-electron chi connectivity index (χ4n) is 2.36. The predicted octanol–water partition coefficient (Wildman–Crippen LogP) is 2.64. The first-order chi connectivity index (χ1) is 10.6. The molecule has 1 aromatic carbocycles. The first kappa shape index (κ1) is 14.5. The second kappa shape index (κ2) is 5.75. The van der Waals surface area contributed by atoms with Gasteiger partial charge in [0.2, 0.25) is 5.91 Å². The van der Waals surface area contributed by atoms with E-state index in [4.69, 9.17) is 13.9 Å². The molecule has 1 amide bonds. The number of hydrogen-bond donors (Lipinski definition) is 1. The number of carbonyl (C=O) groups is 1. The summed E-state index contributed by atoms with van der Waals surface area (Å²) < 4.78 is 16.3. The molecule has 3 rings (SSSR count). The topological polar surface area (TPSA) is 60.7 Å². The van der Waals surface area contributed by atoms with E-state index in [1.807, 2.05) is 38.1 Å². The Morgan fingerprint density at radius 1 is 1.18 bits per heavy atom. The van der Waals surface area contributed by atoms with Crippen molar-refractivity contribution in [3.63, 3.8) is 0 Å². The molecular weight excluding hydrogens is 282 g/mol. The lowest BCUT2D eigenvalue weighted by atomic mass is 9.83. The molecule has 1 aliphatic heterocycles. The van der Waals surface area contributed by atoms with Crippen LogP contribution in [0.5, 0.6) is 11.5 Å². The molecule has 0 fully saturated rings. The summed E-state index contributed by atoms with van der Waals surface area (Å²) in [6, 6.07) is 9.26. The fraction of sp³-hybridized carbons (Fsp3) is 0.353. The van der Waals surface area contributed by atoms with Crippen molar-refractivity contribution in [2.75, 3.05) is 13.2 Å². The van der Waals surface area contributed by atoms with Gasteiger partial charge in [-0.05, 0) is 43.7 Å². The number of fused-ring (bicyclic) bond motifs is 1. The molecule has 1 N–H and O–H groups in total. The maximum atomic E-state index is 12.5. The van der Waals surface area contributed by atoms with Crippen molar-refractivity contribution in [2.24, 2.45) is 0 Å². The van der Waals surface area contributed by atoms with Gasteiger partial charge in [-0.3, -0.25) is 4.79 Å². The molecule has 1 aromatic heterocycles. The van der Waals surface area contributed by atoms with Gasteiger partial charge >= 0.3 is 0 Å². The minimum atomic E-state index is -0.678. The maximum absolute atomic E-state index is 12.5. The number of benzene rings is 1. The van der Waals surface area contributed by atoms with E-state index in [0.29, 0.717) is 25.5 Å². The Hall–Kier alpha value is -2.43. The van der Waals surface area contributed by atoms with Crippen LogP contribution in [0, 0.1) is 0 Å². The molecule has 0 unspecified atom stereocenters. The molecule has 0 aliphatic carbocycles. The minimum absolute atomic E-state index is 0.0689. The first-order valence-corrected chi connectivity index (χ1v) is 7.28. The summed E-state index contributed by atoms with van der Waals surface area (Å²) in [5.74, 6) is 2.07. The zero-order chi connectivity index (χ0) is 15.6. The Kier molecular flexibility index (Phi) is 3.79. The summed E-state index contributed by atoms with van der Waals surface area (Å²) in [4.78, 5) is 12.5. The number of ether oxygens (including phenoxy) is 2. The minimum Gasteiger partial charge on any atom is -0.486 e. The van der Waals surface area contributed by atoms with Crippen LogP contribution in [-0.2, 0) is 16.8 Å². The molecule has 0 spiro atoms. The zero-order valence-corrected chi connectivity index (χ0v) is 12.7. The van der Waals surface area contributed by atoms with E-state index < -0.39 is 5.41 Å². The Balaban J connectivity index is 1.75. The van der Waals surface area contributed by atoms with Gasteiger partial charge in [-0.2, -0.15) is 0 Å². The summed E-state index contributed by atoms with van der Waals surface area (Å²) in [7, 11) is 0. The van der Waals surface area contributed by atoms with E-state index in [1.54, 1.807) is 12.3 Å². The molecule has 0 saturated heterocycles. The lowest BCUT2D eigenvalue weighted by Crippen LogP contribution is -2.39. The number of rotatable bonds is 4. The molecule has 0 saturated carbocycles. The third kappa shape index (κ3) is 2.79. The van der Waals surface area contributed by atoms with Crippen LogP contribution in [0.15, 0.2) is 41.0 Å². The van der Waals surface area contributed by atoms with Crippen LogP contribution in [0.3, 0.4) is 0 Å². The SMILES string of the molecule is CC(C)(C(=O)NCc1ccco1)c1ccc2c(c1)OCCO2. The van der Waals surface area contributed by atoms with Gasteiger partial charge in [0.05, 0.1) is 18.2 Å². The van der Waals surface area contributed by atoms with Gasteiger partial charge in [-0.25, -0.2) is 0 Å². The molecular formula is C17H19NO4. The zero-order valence-electron chi connectivity index (χ0n) is 12.7. The van der Waals surface area contributed by atoms with Gasteiger partial charge in [0.25, 0.3) is 0 Å². The van der Waals surface area contributed by atoms with Crippen molar-refractivity contribution in [1.82, 2.24) is 5.32 Å². The average molecular weight is 301 g/mol. The van der Waals surface area contributed by atoms with Crippen molar-refractivity contribution in [2.45, 2.75) is 25.8 Å². The largest absolute Gasteiger partial charge is 0.486 e. The van der Waals surface area contributed by atoms with Crippen LogP contribution in [0.2, 0.25) is 0 Å². The van der Waals surface area contributed by atoms with Gasteiger partial charge in [0.1, 0.15) is 19.0 Å². The third-order valence-electron chi connectivity index (χ3n) is 3.83. The van der Waals surface area contributed by atoms with E-state index in [0.717, 1.165) is 17.1 Å². The highest BCUT2D eigenvalue weighted by Gasteiger charge is 2.31. The monoisotopic (exact) mass is 301 g/mol. The highest BCUT2D eigenvalue weighted by atomic mass is 16.6. The van der Waals surface area contributed by atoms with Crippen LogP contribution < -0.4 is 14.8 Å². The van der Waals surface area contributed by atoms with Gasteiger partial charge in [-0.1, -0.05) is 6.07 Å². The van der Waals surface area contributed by atoms with E-state index in [2.05, 4.69) is 5.32 Å².